The van der Waals surface area contributed by atoms with Crippen molar-refractivity contribution in [2.24, 2.45) is 11.7 Å². The number of rotatable bonds is 6. The first-order valence-electron chi connectivity index (χ1n) is 5.75. The fraction of sp³-hybridized carbons (Fsp3) is 0.538. The van der Waals surface area contributed by atoms with E-state index in [1.807, 2.05) is 0 Å². The van der Waals surface area contributed by atoms with E-state index in [0.29, 0.717) is 6.54 Å². The summed E-state index contributed by atoms with van der Waals surface area (Å²) in [6.45, 7) is 3.53. The summed E-state index contributed by atoms with van der Waals surface area (Å²) >= 11 is 1.80. The second-order valence-corrected chi connectivity index (χ2v) is 5.64. The van der Waals surface area contributed by atoms with Gasteiger partial charge in [-0.2, -0.15) is 0 Å². The topological polar surface area (TPSA) is 29.3 Å². The van der Waals surface area contributed by atoms with Gasteiger partial charge in [0.25, 0.3) is 0 Å². The molecule has 1 fully saturated rings. The van der Waals surface area contributed by atoms with Crippen LogP contribution >= 0.6 is 11.3 Å². The average Bonchev–Trinajstić information content (AvgIpc) is 2.96. The van der Waals surface area contributed by atoms with Gasteiger partial charge >= 0.3 is 0 Å². The molecular weight excluding hydrogens is 216 g/mol. The normalized spacial score (nSPS) is 15.3. The summed E-state index contributed by atoms with van der Waals surface area (Å²) in [5.74, 6) is 3.64. The van der Waals surface area contributed by atoms with E-state index in [1.54, 1.807) is 11.3 Å². The van der Waals surface area contributed by atoms with Crippen molar-refractivity contribution >= 4 is 11.3 Å². The van der Waals surface area contributed by atoms with Crippen LogP contribution in [0.3, 0.4) is 0 Å². The van der Waals surface area contributed by atoms with Gasteiger partial charge in [0.2, 0.25) is 0 Å². The zero-order valence-electron chi connectivity index (χ0n) is 9.48. The number of hydrogen-bond acceptors (Lipinski definition) is 3. The highest BCUT2D eigenvalue weighted by Crippen LogP contribution is 2.30. The average molecular weight is 234 g/mol. The molecule has 0 aromatic carbocycles. The smallest absolute Gasteiger partial charge is 0.0602 e. The molecule has 0 bridgehead atoms. The SMILES string of the molecule is C#CCN(Cc1ccc(CN)s1)CC1CC1. The molecule has 0 amide bonds. The minimum Gasteiger partial charge on any atom is -0.326 e. The van der Waals surface area contributed by atoms with Gasteiger partial charge < -0.3 is 5.73 Å². The Hall–Kier alpha value is -0.820. The van der Waals surface area contributed by atoms with Crippen LogP contribution in [-0.4, -0.2) is 18.0 Å². The molecule has 2 nitrogen and oxygen atoms in total. The summed E-state index contributed by atoms with van der Waals surface area (Å²) < 4.78 is 0. The summed E-state index contributed by atoms with van der Waals surface area (Å²) in [6, 6.07) is 4.29. The minimum atomic E-state index is 0.641. The maximum absolute atomic E-state index is 5.61. The lowest BCUT2D eigenvalue weighted by Gasteiger charge is -2.18. The Morgan fingerprint density at radius 2 is 2.19 bits per heavy atom. The molecule has 16 heavy (non-hydrogen) atoms. The number of nitrogens with two attached hydrogens (primary N) is 1. The molecule has 1 aliphatic rings. The summed E-state index contributed by atoms with van der Waals surface area (Å²) in [5.41, 5.74) is 5.61. The molecule has 0 unspecified atom stereocenters. The molecule has 86 valence electrons. The third kappa shape index (κ3) is 3.34. The Bertz CT molecular complexity index is 374. The van der Waals surface area contributed by atoms with Gasteiger partial charge in [-0.15, -0.1) is 17.8 Å². The Morgan fingerprint density at radius 3 is 2.75 bits per heavy atom. The van der Waals surface area contributed by atoms with E-state index in [9.17, 15) is 0 Å². The molecule has 2 rings (SSSR count). The maximum atomic E-state index is 5.61. The van der Waals surface area contributed by atoms with Gasteiger partial charge in [0.15, 0.2) is 0 Å². The van der Waals surface area contributed by atoms with Crippen LogP contribution in [0, 0.1) is 18.3 Å². The van der Waals surface area contributed by atoms with Crippen molar-refractivity contribution in [2.45, 2.75) is 25.9 Å². The molecule has 0 radical (unpaired) electrons. The first-order chi connectivity index (χ1) is 7.81. The lowest BCUT2D eigenvalue weighted by molar-refractivity contribution is 0.289. The summed E-state index contributed by atoms with van der Waals surface area (Å²) in [5, 5.41) is 0. The lowest BCUT2D eigenvalue weighted by Crippen LogP contribution is -2.25. The molecule has 0 spiro atoms. The first kappa shape index (κ1) is 11.7. The largest absolute Gasteiger partial charge is 0.326 e. The van der Waals surface area contributed by atoms with Crippen LogP contribution in [0.2, 0.25) is 0 Å². The molecule has 3 heteroatoms. The van der Waals surface area contributed by atoms with Crippen molar-refractivity contribution in [3.8, 4) is 12.3 Å². The summed E-state index contributed by atoms with van der Waals surface area (Å²) in [4.78, 5) is 4.99. The second kappa shape index (κ2) is 5.49. The molecule has 2 N–H and O–H groups in total. The van der Waals surface area contributed by atoms with Crippen LogP contribution in [0.4, 0.5) is 0 Å². The quantitative estimate of drug-likeness (QED) is 0.763. The zero-order chi connectivity index (χ0) is 11.4. The van der Waals surface area contributed by atoms with E-state index in [0.717, 1.165) is 25.6 Å². The molecule has 1 aliphatic carbocycles. The van der Waals surface area contributed by atoms with Gasteiger partial charge in [0.05, 0.1) is 6.54 Å². The Kier molecular flexibility index (Phi) is 4.00. The summed E-state index contributed by atoms with van der Waals surface area (Å²) in [6.07, 6.45) is 8.15. The predicted octanol–water partition coefficient (Wildman–Crippen LogP) is 2.05. The standard InChI is InChI=1S/C13H18N2S/c1-2-7-15(9-11-3-4-11)10-13-6-5-12(8-14)16-13/h1,5-6,11H,3-4,7-10,14H2. The van der Waals surface area contributed by atoms with Gasteiger partial charge in [-0.25, -0.2) is 0 Å². The van der Waals surface area contributed by atoms with Gasteiger partial charge in [0, 0.05) is 29.4 Å². The van der Waals surface area contributed by atoms with Gasteiger partial charge in [-0.1, -0.05) is 5.92 Å². The number of nitrogens with zero attached hydrogens (tertiary/aromatic N) is 1. The fourth-order valence-corrected chi connectivity index (χ4v) is 2.76. The monoisotopic (exact) mass is 234 g/mol. The second-order valence-electron chi connectivity index (χ2n) is 4.39. The van der Waals surface area contributed by atoms with Gasteiger partial charge in [-0.3, -0.25) is 4.90 Å². The highest BCUT2D eigenvalue weighted by Gasteiger charge is 2.24. The molecule has 1 heterocycles. The van der Waals surface area contributed by atoms with Crippen LogP contribution in [0.25, 0.3) is 0 Å². The van der Waals surface area contributed by atoms with Crippen molar-refractivity contribution in [3.05, 3.63) is 21.9 Å². The van der Waals surface area contributed by atoms with Crippen molar-refractivity contribution in [2.75, 3.05) is 13.1 Å². The van der Waals surface area contributed by atoms with Crippen LogP contribution < -0.4 is 5.73 Å². The number of thiophene rings is 1. The number of hydrogen-bond donors (Lipinski definition) is 1. The van der Waals surface area contributed by atoms with Gasteiger partial charge in [0.1, 0.15) is 0 Å². The Labute approximate surface area is 101 Å². The molecule has 1 saturated carbocycles. The highest BCUT2D eigenvalue weighted by molar-refractivity contribution is 7.11. The van der Waals surface area contributed by atoms with Crippen molar-refractivity contribution in [1.82, 2.24) is 4.90 Å². The molecular formula is C13H18N2S. The fourth-order valence-electron chi connectivity index (χ4n) is 1.82. The van der Waals surface area contributed by atoms with Crippen LogP contribution in [-0.2, 0) is 13.1 Å². The molecule has 1 aromatic heterocycles. The van der Waals surface area contributed by atoms with E-state index in [2.05, 4.69) is 23.0 Å². The zero-order valence-corrected chi connectivity index (χ0v) is 10.3. The van der Waals surface area contributed by atoms with E-state index in [4.69, 9.17) is 12.2 Å². The van der Waals surface area contributed by atoms with E-state index in [-0.39, 0.29) is 0 Å². The third-order valence-electron chi connectivity index (χ3n) is 2.83. The number of terminal acetylenes is 1. The van der Waals surface area contributed by atoms with Crippen molar-refractivity contribution < 1.29 is 0 Å². The van der Waals surface area contributed by atoms with E-state index < -0.39 is 0 Å². The predicted molar refractivity (Wildman–Crippen MR) is 69.0 cm³/mol. The Morgan fingerprint density at radius 1 is 1.44 bits per heavy atom. The summed E-state index contributed by atoms with van der Waals surface area (Å²) in [7, 11) is 0. The van der Waals surface area contributed by atoms with Crippen LogP contribution in [0.1, 0.15) is 22.6 Å². The third-order valence-corrected chi connectivity index (χ3v) is 3.92. The van der Waals surface area contributed by atoms with E-state index in [1.165, 1.54) is 22.6 Å². The van der Waals surface area contributed by atoms with Gasteiger partial charge in [-0.05, 0) is 30.9 Å². The molecule has 1 aromatic rings. The van der Waals surface area contributed by atoms with Crippen LogP contribution in [0.5, 0.6) is 0 Å². The molecule has 0 aliphatic heterocycles. The van der Waals surface area contributed by atoms with E-state index >= 15 is 0 Å². The van der Waals surface area contributed by atoms with Crippen LogP contribution in [0.15, 0.2) is 12.1 Å². The van der Waals surface area contributed by atoms with Crippen molar-refractivity contribution in [3.63, 3.8) is 0 Å². The molecule has 0 saturated heterocycles. The molecule has 0 atom stereocenters. The lowest BCUT2D eigenvalue weighted by atomic mass is 10.3. The van der Waals surface area contributed by atoms with Crippen molar-refractivity contribution in [1.29, 1.82) is 0 Å². The maximum Gasteiger partial charge on any atom is 0.0602 e. The Balaban J connectivity index is 1.90. The highest BCUT2D eigenvalue weighted by atomic mass is 32.1. The minimum absolute atomic E-state index is 0.641. The first-order valence-corrected chi connectivity index (χ1v) is 6.57.